The molecule has 39 heavy (non-hydrogen) atoms. The lowest BCUT2D eigenvalue weighted by Crippen LogP contribution is -2.32. The van der Waals surface area contributed by atoms with Gasteiger partial charge in [-0.05, 0) is 57.4 Å². The number of benzene rings is 3. The van der Waals surface area contributed by atoms with Crippen LogP contribution in [0, 0.1) is 6.92 Å². The van der Waals surface area contributed by atoms with Crippen LogP contribution in [0.1, 0.15) is 79.7 Å². The Kier molecular flexibility index (Phi) is 7.69. The number of hydrogen-bond acceptors (Lipinski definition) is 4. The number of anilines is 1. The largest absolute Gasteiger partial charge is 0.493 e. The summed E-state index contributed by atoms with van der Waals surface area (Å²) in [5.74, 6) is 0.464. The average molecular weight is 525 g/mol. The highest BCUT2D eigenvalue weighted by Gasteiger charge is 2.52. The third-order valence-electron chi connectivity index (χ3n) is 7.83. The van der Waals surface area contributed by atoms with E-state index in [1.807, 2.05) is 24.3 Å². The van der Waals surface area contributed by atoms with E-state index in [4.69, 9.17) is 9.47 Å². The van der Waals surface area contributed by atoms with Crippen LogP contribution < -0.4 is 9.64 Å². The highest BCUT2D eigenvalue weighted by molar-refractivity contribution is 5.99. The summed E-state index contributed by atoms with van der Waals surface area (Å²) in [6.45, 7) is 14.2. The molecule has 2 heterocycles. The molecular formula is C34H40N2O3. The summed E-state index contributed by atoms with van der Waals surface area (Å²) in [7, 11) is 0. The molecule has 1 aromatic heterocycles. The minimum atomic E-state index is -1.13. The number of cyclic esters (lactones) is 1. The van der Waals surface area contributed by atoms with E-state index in [1.165, 1.54) is 0 Å². The van der Waals surface area contributed by atoms with Gasteiger partial charge in [0.05, 0.1) is 12.2 Å². The SMILES string of the molecule is CCCOc1cc(N(CCC)CCC)ccc1C1(c2c(C)n(CC)c3ccccc23)OC(=O)c2ccccc21. The first-order chi connectivity index (χ1) is 19.0. The standard InChI is InChI=1S/C34H40N2O3/c1-6-20-35(21-7-2)25-18-19-29(31(23-25)38-22-8-3)34(28-16-12-10-14-26(28)33(37)39-34)32-24(5)36(9-4)30-17-13-11-15-27(30)32/h10-19,23H,6-9,20-22H2,1-5H3. The third kappa shape index (κ3) is 4.38. The fraction of sp³-hybridized carbons (Fsp3) is 0.382. The third-order valence-corrected chi connectivity index (χ3v) is 7.83. The zero-order chi connectivity index (χ0) is 27.6. The summed E-state index contributed by atoms with van der Waals surface area (Å²) >= 11 is 0. The Morgan fingerprint density at radius 1 is 0.872 bits per heavy atom. The molecule has 0 N–H and O–H groups in total. The van der Waals surface area contributed by atoms with Crippen molar-refractivity contribution in [3.63, 3.8) is 0 Å². The molecule has 1 aliphatic heterocycles. The number of ether oxygens (including phenoxy) is 2. The van der Waals surface area contributed by atoms with Gasteiger partial charge in [-0.2, -0.15) is 0 Å². The predicted molar refractivity (Wildman–Crippen MR) is 159 cm³/mol. The fourth-order valence-electron chi connectivity index (χ4n) is 6.26. The first kappa shape index (κ1) is 26.9. The molecule has 0 aliphatic carbocycles. The molecule has 5 heteroatoms. The summed E-state index contributed by atoms with van der Waals surface area (Å²) in [4.78, 5) is 16.0. The maximum Gasteiger partial charge on any atom is 0.340 e. The fourth-order valence-corrected chi connectivity index (χ4v) is 6.26. The highest BCUT2D eigenvalue weighted by Crippen LogP contribution is 2.53. The molecule has 204 valence electrons. The smallest absolute Gasteiger partial charge is 0.340 e. The molecule has 1 atom stereocenters. The van der Waals surface area contributed by atoms with Gasteiger partial charge in [0.15, 0.2) is 5.60 Å². The molecule has 0 radical (unpaired) electrons. The second-order valence-corrected chi connectivity index (χ2v) is 10.4. The van der Waals surface area contributed by atoms with Crippen molar-refractivity contribution in [1.29, 1.82) is 0 Å². The number of fused-ring (bicyclic) bond motifs is 2. The normalized spacial score (nSPS) is 16.4. The zero-order valence-corrected chi connectivity index (χ0v) is 23.9. The van der Waals surface area contributed by atoms with Crippen LogP contribution in [0.25, 0.3) is 10.9 Å². The Morgan fingerprint density at radius 3 is 2.31 bits per heavy atom. The van der Waals surface area contributed by atoms with Crippen molar-refractivity contribution in [3.05, 3.63) is 94.7 Å². The van der Waals surface area contributed by atoms with E-state index in [0.29, 0.717) is 12.2 Å². The Bertz CT molecular complexity index is 1480. The number of aryl methyl sites for hydroxylation is 1. The summed E-state index contributed by atoms with van der Waals surface area (Å²) < 4.78 is 15.4. The van der Waals surface area contributed by atoms with Gasteiger partial charge in [0.1, 0.15) is 5.75 Å². The number of aromatic nitrogens is 1. The number of esters is 1. The second-order valence-electron chi connectivity index (χ2n) is 10.4. The molecule has 0 saturated heterocycles. The van der Waals surface area contributed by atoms with Crippen LogP contribution in [0.4, 0.5) is 5.69 Å². The molecule has 0 spiro atoms. The summed E-state index contributed by atoms with van der Waals surface area (Å²) in [5, 5.41) is 1.09. The topological polar surface area (TPSA) is 43.7 Å². The van der Waals surface area contributed by atoms with Crippen LogP contribution in [-0.2, 0) is 16.9 Å². The minimum absolute atomic E-state index is 0.303. The van der Waals surface area contributed by atoms with Crippen LogP contribution >= 0.6 is 0 Å². The molecule has 1 unspecified atom stereocenters. The molecular weight excluding hydrogens is 484 g/mol. The summed E-state index contributed by atoms with van der Waals surface area (Å²) in [5.41, 5.74) is 5.58. The number of carbonyl (C=O) groups is 1. The maximum absolute atomic E-state index is 13.5. The van der Waals surface area contributed by atoms with Crippen LogP contribution in [-0.4, -0.2) is 30.2 Å². The van der Waals surface area contributed by atoms with Crippen LogP contribution in [0.5, 0.6) is 5.75 Å². The van der Waals surface area contributed by atoms with Crippen molar-refractivity contribution in [2.24, 2.45) is 0 Å². The van der Waals surface area contributed by atoms with Gasteiger partial charge in [-0.3, -0.25) is 0 Å². The van der Waals surface area contributed by atoms with Gasteiger partial charge in [0, 0.05) is 64.7 Å². The Labute approximate surface area is 232 Å². The van der Waals surface area contributed by atoms with Crippen molar-refractivity contribution in [1.82, 2.24) is 4.57 Å². The molecule has 5 rings (SSSR count). The molecule has 0 saturated carbocycles. The van der Waals surface area contributed by atoms with Crippen molar-refractivity contribution in [3.8, 4) is 5.75 Å². The van der Waals surface area contributed by atoms with Crippen molar-refractivity contribution in [2.75, 3.05) is 24.6 Å². The van der Waals surface area contributed by atoms with E-state index in [0.717, 1.165) is 83.6 Å². The van der Waals surface area contributed by atoms with E-state index in [9.17, 15) is 4.79 Å². The number of rotatable bonds is 11. The molecule has 4 aromatic rings. The van der Waals surface area contributed by atoms with Crippen molar-refractivity contribution >= 4 is 22.6 Å². The molecule has 5 nitrogen and oxygen atoms in total. The molecule has 0 amide bonds. The predicted octanol–water partition coefficient (Wildman–Crippen LogP) is 7.85. The van der Waals surface area contributed by atoms with Crippen molar-refractivity contribution in [2.45, 2.75) is 66.0 Å². The van der Waals surface area contributed by atoms with E-state index in [1.54, 1.807) is 0 Å². The highest BCUT2D eigenvalue weighted by atomic mass is 16.6. The van der Waals surface area contributed by atoms with Gasteiger partial charge in [-0.25, -0.2) is 4.79 Å². The van der Waals surface area contributed by atoms with Crippen LogP contribution in [0.15, 0.2) is 66.7 Å². The number of hydrogen-bond donors (Lipinski definition) is 0. The number of nitrogens with zero attached hydrogens (tertiary/aromatic N) is 2. The van der Waals surface area contributed by atoms with E-state index in [2.05, 4.69) is 86.6 Å². The zero-order valence-electron chi connectivity index (χ0n) is 23.9. The number of carbonyl (C=O) groups excluding carboxylic acids is 1. The Hall–Kier alpha value is -3.73. The quantitative estimate of drug-likeness (QED) is 0.187. The summed E-state index contributed by atoms with van der Waals surface area (Å²) in [6, 6.07) is 22.7. The average Bonchev–Trinajstić information content (AvgIpc) is 3.42. The lowest BCUT2D eigenvalue weighted by molar-refractivity contribution is 0.0245. The second kappa shape index (κ2) is 11.2. The molecule has 0 fully saturated rings. The molecule has 3 aromatic carbocycles. The van der Waals surface area contributed by atoms with Gasteiger partial charge < -0.3 is 18.9 Å². The first-order valence-corrected chi connectivity index (χ1v) is 14.4. The van der Waals surface area contributed by atoms with Gasteiger partial charge in [0.25, 0.3) is 0 Å². The molecule has 1 aliphatic rings. The first-order valence-electron chi connectivity index (χ1n) is 14.4. The van der Waals surface area contributed by atoms with E-state index in [-0.39, 0.29) is 5.97 Å². The minimum Gasteiger partial charge on any atom is -0.493 e. The monoisotopic (exact) mass is 524 g/mol. The van der Waals surface area contributed by atoms with Gasteiger partial charge in [-0.15, -0.1) is 0 Å². The van der Waals surface area contributed by atoms with E-state index >= 15 is 0 Å². The van der Waals surface area contributed by atoms with Crippen molar-refractivity contribution < 1.29 is 14.3 Å². The van der Waals surface area contributed by atoms with Gasteiger partial charge >= 0.3 is 5.97 Å². The lowest BCUT2D eigenvalue weighted by atomic mass is 9.78. The van der Waals surface area contributed by atoms with E-state index < -0.39 is 5.60 Å². The summed E-state index contributed by atoms with van der Waals surface area (Å²) in [6.07, 6.45) is 3.02. The van der Waals surface area contributed by atoms with Crippen LogP contribution in [0.3, 0.4) is 0 Å². The van der Waals surface area contributed by atoms with Crippen LogP contribution in [0.2, 0.25) is 0 Å². The van der Waals surface area contributed by atoms with Gasteiger partial charge in [-0.1, -0.05) is 57.2 Å². The Balaban J connectivity index is 1.85. The Morgan fingerprint density at radius 2 is 1.59 bits per heavy atom. The maximum atomic E-state index is 13.5. The lowest BCUT2D eigenvalue weighted by Gasteiger charge is -2.33. The molecule has 0 bridgehead atoms. The van der Waals surface area contributed by atoms with Gasteiger partial charge in [0.2, 0.25) is 0 Å². The number of para-hydroxylation sites is 1.